The van der Waals surface area contributed by atoms with Gasteiger partial charge in [-0.1, -0.05) is 19.1 Å². The Morgan fingerprint density at radius 1 is 0.971 bits per heavy atom. The fourth-order valence-electron chi connectivity index (χ4n) is 4.10. The lowest BCUT2D eigenvalue weighted by molar-refractivity contribution is -0.138. The van der Waals surface area contributed by atoms with Crippen molar-refractivity contribution in [3.63, 3.8) is 0 Å². The molecule has 3 rings (SSSR count). The Morgan fingerprint density at radius 3 is 2.29 bits per heavy atom. The van der Waals surface area contributed by atoms with Gasteiger partial charge in [0.05, 0.1) is 25.2 Å². The van der Waals surface area contributed by atoms with E-state index in [-0.39, 0.29) is 24.8 Å². The van der Waals surface area contributed by atoms with Crippen molar-refractivity contribution in [1.82, 2.24) is 10.6 Å². The van der Waals surface area contributed by atoms with Crippen LogP contribution in [0.1, 0.15) is 56.0 Å². The summed E-state index contributed by atoms with van der Waals surface area (Å²) in [6.45, 7) is 6.29. The molecule has 1 fully saturated rings. The number of anilines is 1. The molecule has 1 aliphatic rings. The number of carbonyl (C=O) groups excluding carboxylic acids is 4. The maximum absolute atomic E-state index is 12.5. The van der Waals surface area contributed by atoms with Crippen molar-refractivity contribution in [2.45, 2.75) is 45.4 Å². The minimum absolute atomic E-state index is 0.221. The average molecular weight is 482 g/mol. The molecule has 4 amide bonds. The van der Waals surface area contributed by atoms with Crippen molar-refractivity contribution in [2.24, 2.45) is 0 Å². The molecular formula is C26H31N3O6. The summed E-state index contributed by atoms with van der Waals surface area (Å²) in [5.74, 6) is -0.348. The minimum atomic E-state index is -0.761. The van der Waals surface area contributed by atoms with Crippen LogP contribution in [-0.4, -0.2) is 43.4 Å². The van der Waals surface area contributed by atoms with Gasteiger partial charge in [0.15, 0.2) is 11.5 Å². The summed E-state index contributed by atoms with van der Waals surface area (Å²) in [4.78, 5) is 49.0. The SMILES string of the molecule is CCOc1ccc(C(=O)NCC(=O)Nc2ccc(C3(CC)CCC(=O)NC3=O)cc2)cc1OCC. The fourth-order valence-corrected chi connectivity index (χ4v) is 4.10. The molecule has 1 unspecified atom stereocenters. The number of piperidine rings is 1. The van der Waals surface area contributed by atoms with Crippen LogP contribution in [0.25, 0.3) is 0 Å². The molecule has 0 radical (unpaired) electrons. The molecule has 0 saturated carbocycles. The third-order valence-electron chi connectivity index (χ3n) is 6.01. The van der Waals surface area contributed by atoms with E-state index in [4.69, 9.17) is 9.47 Å². The highest BCUT2D eigenvalue weighted by molar-refractivity contribution is 6.03. The summed E-state index contributed by atoms with van der Waals surface area (Å²) in [7, 11) is 0. The highest BCUT2D eigenvalue weighted by Gasteiger charge is 2.42. The first-order valence-electron chi connectivity index (χ1n) is 11.8. The minimum Gasteiger partial charge on any atom is -0.490 e. The lowest BCUT2D eigenvalue weighted by Gasteiger charge is -2.35. The zero-order valence-electron chi connectivity index (χ0n) is 20.2. The van der Waals surface area contributed by atoms with Gasteiger partial charge in [-0.2, -0.15) is 0 Å². The molecule has 0 bridgehead atoms. The monoisotopic (exact) mass is 481 g/mol. The molecule has 35 heavy (non-hydrogen) atoms. The summed E-state index contributed by atoms with van der Waals surface area (Å²) < 4.78 is 11.0. The van der Waals surface area contributed by atoms with E-state index in [1.807, 2.05) is 20.8 Å². The van der Waals surface area contributed by atoms with E-state index in [1.165, 1.54) is 0 Å². The van der Waals surface area contributed by atoms with E-state index in [0.29, 0.717) is 48.8 Å². The lowest BCUT2D eigenvalue weighted by Crippen LogP contribution is -2.51. The van der Waals surface area contributed by atoms with Gasteiger partial charge in [0.1, 0.15) is 0 Å². The normalized spacial score (nSPS) is 17.3. The van der Waals surface area contributed by atoms with Crippen molar-refractivity contribution < 1.29 is 28.7 Å². The number of hydrogen-bond acceptors (Lipinski definition) is 6. The van der Waals surface area contributed by atoms with E-state index in [0.717, 1.165) is 5.56 Å². The molecule has 2 aromatic carbocycles. The first kappa shape index (κ1) is 25.7. The number of rotatable bonds is 10. The van der Waals surface area contributed by atoms with E-state index in [9.17, 15) is 19.2 Å². The van der Waals surface area contributed by atoms with Gasteiger partial charge in [0, 0.05) is 17.7 Å². The largest absolute Gasteiger partial charge is 0.490 e. The van der Waals surface area contributed by atoms with Gasteiger partial charge in [-0.25, -0.2) is 0 Å². The van der Waals surface area contributed by atoms with Crippen LogP contribution in [-0.2, 0) is 19.8 Å². The Morgan fingerprint density at radius 2 is 1.66 bits per heavy atom. The van der Waals surface area contributed by atoms with Crippen molar-refractivity contribution in [3.8, 4) is 11.5 Å². The molecule has 2 aromatic rings. The van der Waals surface area contributed by atoms with E-state index >= 15 is 0 Å². The maximum Gasteiger partial charge on any atom is 0.251 e. The van der Waals surface area contributed by atoms with Gasteiger partial charge < -0.3 is 20.1 Å². The maximum atomic E-state index is 12.5. The molecule has 9 nitrogen and oxygen atoms in total. The fraction of sp³-hybridized carbons (Fsp3) is 0.385. The van der Waals surface area contributed by atoms with Crippen LogP contribution in [0, 0.1) is 0 Å². The number of imide groups is 1. The van der Waals surface area contributed by atoms with E-state index < -0.39 is 17.2 Å². The van der Waals surface area contributed by atoms with Crippen LogP contribution in [0.15, 0.2) is 42.5 Å². The highest BCUT2D eigenvalue weighted by Crippen LogP contribution is 2.36. The van der Waals surface area contributed by atoms with Gasteiger partial charge >= 0.3 is 0 Å². The van der Waals surface area contributed by atoms with Crippen LogP contribution in [0.2, 0.25) is 0 Å². The number of carbonyl (C=O) groups is 4. The zero-order chi connectivity index (χ0) is 25.4. The predicted molar refractivity (Wildman–Crippen MR) is 131 cm³/mol. The Labute approximate surface area is 204 Å². The van der Waals surface area contributed by atoms with Gasteiger partial charge in [-0.15, -0.1) is 0 Å². The van der Waals surface area contributed by atoms with Gasteiger partial charge in [0.2, 0.25) is 17.7 Å². The number of nitrogens with one attached hydrogen (secondary N) is 3. The standard InChI is InChI=1S/C26H31N3O6/c1-4-26(14-13-22(30)29-25(26)33)18-8-10-19(11-9-18)28-23(31)16-27-24(32)17-7-12-20(34-5-2)21(15-17)35-6-3/h7-12,15H,4-6,13-14,16H2,1-3H3,(H,27,32)(H,28,31)(H,29,30,33). The number of ether oxygens (including phenoxy) is 2. The molecule has 1 atom stereocenters. The van der Waals surface area contributed by atoms with Crippen LogP contribution >= 0.6 is 0 Å². The lowest BCUT2D eigenvalue weighted by atomic mass is 9.72. The first-order valence-corrected chi connectivity index (χ1v) is 11.8. The molecule has 1 heterocycles. The van der Waals surface area contributed by atoms with Gasteiger partial charge in [0.25, 0.3) is 5.91 Å². The molecule has 0 aromatic heterocycles. The Bertz CT molecular complexity index is 1100. The molecular weight excluding hydrogens is 450 g/mol. The molecule has 0 spiro atoms. The summed E-state index contributed by atoms with van der Waals surface area (Å²) in [6.07, 6.45) is 1.29. The first-order chi connectivity index (χ1) is 16.8. The third kappa shape index (κ3) is 5.98. The molecule has 1 saturated heterocycles. The number of amides is 4. The Hall–Kier alpha value is -3.88. The summed E-state index contributed by atoms with van der Waals surface area (Å²) in [5.41, 5.74) is 0.911. The second-order valence-electron chi connectivity index (χ2n) is 8.15. The molecule has 3 N–H and O–H groups in total. The van der Waals surface area contributed by atoms with Crippen molar-refractivity contribution in [1.29, 1.82) is 0 Å². The quantitative estimate of drug-likeness (QED) is 0.449. The smallest absolute Gasteiger partial charge is 0.251 e. The number of hydrogen-bond donors (Lipinski definition) is 3. The van der Waals surface area contributed by atoms with Crippen LogP contribution < -0.4 is 25.4 Å². The molecule has 0 aliphatic carbocycles. The average Bonchev–Trinajstić information content (AvgIpc) is 2.85. The second kappa shape index (κ2) is 11.5. The van der Waals surface area contributed by atoms with Crippen molar-refractivity contribution >= 4 is 29.3 Å². The second-order valence-corrected chi connectivity index (χ2v) is 8.15. The van der Waals surface area contributed by atoms with Crippen LogP contribution in [0.5, 0.6) is 11.5 Å². The highest BCUT2D eigenvalue weighted by atomic mass is 16.5. The number of benzene rings is 2. The van der Waals surface area contributed by atoms with E-state index in [2.05, 4.69) is 16.0 Å². The molecule has 186 valence electrons. The third-order valence-corrected chi connectivity index (χ3v) is 6.01. The summed E-state index contributed by atoms with van der Waals surface area (Å²) >= 11 is 0. The van der Waals surface area contributed by atoms with Gasteiger partial charge in [-0.3, -0.25) is 24.5 Å². The van der Waals surface area contributed by atoms with Crippen molar-refractivity contribution in [2.75, 3.05) is 25.1 Å². The predicted octanol–water partition coefficient (Wildman–Crippen LogP) is 2.94. The zero-order valence-corrected chi connectivity index (χ0v) is 20.2. The Kier molecular flexibility index (Phi) is 8.46. The van der Waals surface area contributed by atoms with Crippen LogP contribution in [0.3, 0.4) is 0 Å². The Balaban J connectivity index is 1.59. The van der Waals surface area contributed by atoms with E-state index in [1.54, 1.807) is 42.5 Å². The molecule has 9 heteroatoms. The molecule has 1 aliphatic heterocycles. The van der Waals surface area contributed by atoms with Gasteiger partial charge in [-0.05, 0) is 62.6 Å². The summed E-state index contributed by atoms with van der Waals surface area (Å²) in [6, 6.07) is 11.8. The van der Waals surface area contributed by atoms with Crippen molar-refractivity contribution in [3.05, 3.63) is 53.6 Å². The van der Waals surface area contributed by atoms with Crippen LogP contribution in [0.4, 0.5) is 5.69 Å². The topological polar surface area (TPSA) is 123 Å². The summed E-state index contributed by atoms with van der Waals surface area (Å²) in [5, 5.41) is 7.75.